The molecule has 2 amide bonds. The van der Waals surface area contributed by atoms with Crippen molar-refractivity contribution in [3.8, 4) is 0 Å². The van der Waals surface area contributed by atoms with E-state index in [9.17, 15) is 19.5 Å². The maximum Gasteiger partial charge on any atom is 0.313 e. The second-order valence-corrected chi connectivity index (χ2v) is 11.7. The van der Waals surface area contributed by atoms with Gasteiger partial charge in [-0.25, -0.2) is 0 Å². The molecule has 0 saturated carbocycles. The summed E-state index contributed by atoms with van der Waals surface area (Å²) in [5.74, 6) is -3.40. The van der Waals surface area contributed by atoms with Crippen molar-refractivity contribution in [3.05, 3.63) is 89.0 Å². The number of aryl methyl sites for hydroxylation is 1. The number of hydrogen-bond acceptors (Lipinski definition) is 6. The van der Waals surface area contributed by atoms with E-state index in [0.29, 0.717) is 29.1 Å². The predicted octanol–water partition coefficient (Wildman–Crippen LogP) is 4.15. The number of likely N-dealkylation sites (tertiary alicyclic amines) is 1. The van der Waals surface area contributed by atoms with Gasteiger partial charge in [-0.1, -0.05) is 78.4 Å². The quantitative estimate of drug-likeness (QED) is 0.434. The lowest BCUT2D eigenvalue weighted by molar-refractivity contribution is -0.159. The fraction of sp³-hybridized carbons (Fsp3) is 0.406. The molecule has 2 aromatic carbocycles. The molecule has 2 saturated heterocycles. The number of allylic oxidation sites excluding steroid dienone is 1. The van der Waals surface area contributed by atoms with Crippen molar-refractivity contribution >= 4 is 35.1 Å². The highest BCUT2D eigenvalue weighted by Gasteiger charge is 2.75. The van der Waals surface area contributed by atoms with Gasteiger partial charge in [0.1, 0.15) is 17.6 Å². The molecule has 0 bridgehead atoms. The average molecular weight is 577 g/mol. The SMILES string of the molecule is Cc1cccc(Cl)c1N1CC=C[C@]23O[C@@]4(C)/C=C\CCCOC(=O)[C@H]4[C@H]2C(=O)N([C@H](CO)c2ccccc2)C3C1=O. The molecule has 1 spiro atoms. The number of nitrogens with zero attached hydrogens (tertiary/aromatic N) is 2. The molecule has 0 radical (unpaired) electrons. The molecule has 4 heterocycles. The molecule has 6 atom stereocenters. The van der Waals surface area contributed by atoms with Crippen molar-refractivity contribution in [2.24, 2.45) is 11.8 Å². The molecule has 41 heavy (non-hydrogen) atoms. The zero-order valence-corrected chi connectivity index (χ0v) is 23.8. The topological polar surface area (TPSA) is 96.4 Å². The standard InChI is InChI=1S/C32H33ClN2O6/c1-20-11-9-14-22(33)26(20)34-17-10-16-32-24(25-30(39)40-18-8-4-7-15-31(25,2)41-32)28(37)35(27(32)29(34)38)23(19-36)21-12-5-3-6-13-21/h3,5-7,9-16,23-25,27,36H,4,8,17-19H2,1-2H3/b15-7-/t23-,24+,25-,27?,31+,32+/m1/s1. The van der Waals surface area contributed by atoms with Crippen molar-refractivity contribution in [2.45, 2.75) is 50.0 Å². The first-order chi connectivity index (χ1) is 19.7. The summed E-state index contributed by atoms with van der Waals surface area (Å²) in [5.41, 5.74) is -0.661. The molecular formula is C32H33ClN2O6. The molecule has 6 rings (SSSR count). The van der Waals surface area contributed by atoms with E-state index in [2.05, 4.69) is 0 Å². The normalized spacial score (nSPS) is 32.7. The number of fused-ring (bicyclic) bond motifs is 2. The van der Waals surface area contributed by atoms with Crippen LogP contribution in [0.15, 0.2) is 72.8 Å². The highest BCUT2D eigenvalue weighted by atomic mass is 35.5. The summed E-state index contributed by atoms with van der Waals surface area (Å²) in [6.07, 6.45) is 8.72. The van der Waals surface area contributed by atoms with E-state index < -0.39 is 59.5 Å². The fourth-order valence-corrected chi connectivity index (χ4v) is 7.43. The second-order valence-electron chi connectivity index (χ2n) is 11.3. The lowest BCUT2D eigenvalue weighted by atomic mass is 9.74. The van der Waals surface area contributed by atoms with Crippen LogP contribution in [0.1, 0.15) is 36.9 Å². The van der Waals surface area contributed by atoms with Crippen LogP contribution in [0, 0.1) is 18.8 Å². The molecule has 1 N–H and O–H groups in total. The number of anilines is 1. The van der Waals surface area contributed by atoms with Crippen molar-refractivity contribution in [3.63, 3.8) is 0 Å². The van der Waals surface area contributed by atoms with Gasteiger partial charge in [0.05, 0.1) is 41.5 Å². The first kappa shape index (κ1) is 27.7. The van der Waals surface area contributed by atoms with Crippen molar-refractivity contribution in [2.75, 3.05) is 24.7 Å². The Labute approximate surface area is 244 Å². The Balaban J connectivity index is 1.56. The van der Waals surface area contributed by atoms with Crippen LogP contribution < -0.4 is 4.90 Å². The molecule has 8 nitrogen and oxygen atoms in total. The molecule has 4 aliphatic heterocycles. The Bertz CT molecular complexity index is 1420. The monoisotopic (exact) mass is 576 g/mol. The number of hydrogen-bond donors (Lipinski definition) is 1. The van der Waals surface area contributed by atoms with Gasteiger partial charge >= 0.3 is 5.97 Å². The molecule has 0 aromatic heterocycles. The Kier molecular flexibility index (Phi) is 7.04. The Morgan fingerprint density at radius 2 is 1.80 bits per heavy atom. The lowest BCUT2D eigenvalue weighted by Crippen LogP contribution is -2.57. The maximum absolute atomic E-state index is 14.8. The third-order valence-corrected chi connectivity index (χ3v) is 9.14. The molecule has 2 aromatic rings. The molecular weight excluding hydrogens is 544 g/mol. The summed E-state index contributed by atoms with van der Waals surface area (Å²) < 4.78 is 12.5. The molecule has 4 aliphatic rings. The van der Waals surface area contributed by atoms with Crippen LogP contribution in [0.2, 0.25) is 5.02 Å². The zero-order chi connectivity index (χ0) is 28.9. The third-order valence-electron chi connectivity index (χ3n) is 8.84. The molecule has 9 heteroatoms. The van der Waals surface area contributed by atoms with Crippen LogP contribution in [0.4, 0.5) is 5.69 Å². The van der Waals surface area contributed by atoms with Crippen LogP contribution >= 0.6 is 11.6 Å². The van der Waals surface area contributed by atoms with Crippen LogP contribution in [0.5, 0.6) is 0 Å². The van der Waals surface area contributed by atoms with E-state index in [-0.39, 0.29) is 13.2 Å². The minimum Gasteiger partial charge on any atom is -0.465 e. The van der Waals surface area contributed by atoms with Crippen LogP contribution in [0.25, 0.3) is 0 Å². The van der Waals surface area contributed by atoms with Gasteiger partial charge in [-0.3, -0.25) is 14.4 Å². The van der Waals surface area contributed by atoms with E-state index in [1.54, 1.807) is 24.0 Å². The first-order valence-electron chi connectivity index (χ1n) is 14.0. The second kappa shape index (κ2) is 10.4. The van der Waals surface area contributed by atoms with Crippen LogP contribution in [0.3, 0.4) is 0 Å². The van der Waals surface area contributed by atoms with Gasteiger partial charge in [0.2, 0.25) is 5.91 Å². The summed E-state index contributed by atoms with van der Waals surface area (Å²) in [4.78, 5) is 46.1. The van der Waals surface area contributed by atoms with Crippen molar-refractivity contribution < 1.29 is 29.0 Å². The van der Waals surface area contributed by atoms with Crippen LogP contribution in [-0.2, 0) is 23.9 Å². The van der Waals surface area contributed by atoms with E-state index in [1.165, 1.54) is 4.90 Å². The number of aliphatic hydroxyl groups excluding tert-OH is 1. The maximum atomic E-state index is 14.8. The smallest absolute Gasteiger partial charge is 0.313 e. The zero-order valence-electron chi connectivity index (χ0n) is 23.0. The van der Waals surface area contributed by atoms with E-state index in [4.69, 9.17) is 21.1 Å². The minimum atomic E-state index is -1.48. The summed E-state index contributed by atoms with van der Waals surface area (Å²) in [7, 11) is 0. The number of amides is 2. The Morgan fingerprint density at radius 3 is 2.54 bits per heavy atom. The fourth-order valence-electron chi connectivity index (χ4n) is 7.10. The van der Waals surface area contributed by atoms with Gasteiger partial charge in [-0.15, -0.1) is 0 Å². The molecule has 2 fully saturated rings. The Morgan fingerprint density at radius 1 is 1.02 bits per heavy atom. The van der Waals surface area contributed by atoms with E-state index in [1.807, 2.05) is 67.6 Å². The summed E-state index contributed by atoms with van der Waals surface area (Å²) in [5, 5.41) is 11.1. The summed E-state index contributed by atoms with van der Waals surface area (Å²) >= 11 is 6.64. The number of ether oxygens (including phenoxy) is 2. The molecule has 214 valence electrons. The lowest BCUT2D eigenvalue weighted by Gasteiger charge is -2.40. The number of carbonyl (C=O) groups excluding carboxylic acids is 3. The third kappa shape index (κ3) is 4.23. The van der Waals surface area contributed by atoms with Gasteiger partial charge in [0.25, 0.3) is 5.91 Å². The Hall–Kier alpha value is -3.46. The van der Waals surface area contributed by atoms with Crippen LogP contribution in [-0.4, -0.2) is 64.8 Å². The number of carbonyl (C=O) groups is 3. The molecule has 0 aliphatic carbocycles. The van der Waals surface area contributed by atoms with E-state index in [0.717, 1.165) is 5.56 Å². The average Bonchev–Trinajstić information content (AvgIpc) is 3.30. The number of aliphatic hydroxyl groups is 1. The van der Waals surface area contributed by atoms with Crippen molar-refractivity contribution in [1.82, 2.24) is 4.90 Å². The number of esters is 1. The minimum absolute atomic E-state index is 0.191. The molecule has 1 unspecified atom stereocenters. The van der Waals surface area contributed by atoms with Crippen molar-refractivity contribution in [1.29, 1.82) is 0 Å². The number of benzene rings is 2. The van der Waals surface area contributed by atoms with Gasteiger partial charge < -0.3 is 24.4 Å². The largest absolute Gasteiger partial charge is 0.465 e. The van der Waals surface area contributed by atoms with Gasteiger partial charge in [0.15, 0.2) is 0 Å². The number of para-hydroxylation sites is 1. The predicted molar refractivity (Wildman–Crippen MR) is 153 cm³/mol. The highest BCUT2D eigenvalue weighted by molar-refractivity contribution is 6.34. The van der Waals surface area contributed by atoms with Gasteiger partial charge in [0, 0.05) is 6.54 Å². The summed E-state index contributed by atoms with van der Waals surface area (Å²) in [6, 6.07) is 12.5. The van der Waals surface area contributed by atoms with Gasteiger partial charge in [-0.05, 0) is 43.9 Å². The van der Waals surface area contributed by atoms with E-state index >= 15 is 0 Å². The summed E-state index contributed by atoms with van der Waals surface area (Å²) in [6.45, 7) is 3.65. The highest BCUT2D eigenvalue weighted by Crippen LogP contribution is 2.58. The van der Waals surface area contributed by atoms with Gasteiger partial charge in [-0.2, -0.15) is 0 Å². The first-order valence-corrected chi connectivity index (χ1v) is 14.4. The number of rotatable bonds is 4. The number of cyclic esters (lactones) is 1. The number of halogens is 1.